The molecule has 0 spiro atoms. The normalized spacial score (nSPS) is 16.9. The first kappa shape index (κ1) is 13.6. The molecular formula is C16H25NO. The molecule has 0 amide bonds. The molecule has 1 aliphatic rings. The van der Waals surface area contributed by atoms with Crippen molar-refractivity contribution in [1.82, 2.24) is 5.32 Å². The highest BCUT2D eigenvalue weighted by atomic mass is 16.5. The van der Waals surface area contributed by atoms with Crippen molar-refractivity contribution < 1.29 is 4.74 Å². The van der Waals surface area contributed by atoms with E-state index in [9.17, 15) is 0 Å². The summed E-state index contributed by atoms with van der Waals surface area (Å²) < 4.78 is 5.75. The smallest absolute Gasteiger partial charge is 0.0591 e. The molecule has 2 heteroatoms. The third-order valence-electron chi connectivity index (χ3n) is 3.67. The van der Waals surface area contributed by atoms with Crippen LogP contribution in [0.5, 0.6) is 0 Å². The molecule has 1 aromatic rings. The van der Waals surface area contributed by atoms with Gasteiger partial charge in [0.25, 0.3) is 0 Å². The van der Waals surface area contributed by atoms with E-state index >= 15 is 0 Å². The molecule has 0 saturated heterocycles. The van der Waals surface area contributed by atoms with Crippen molar-refractivity contribution in [3.63, 3.8) is 0 Å². The van der Waals surface area contributed by atoms with Crippen LogP contribution in [-0.4, -0.2) is 19.8 Å². The van der Waals surface area contributed by atoms with E-state index in [1.54, 1.807) is 0 Å². The minimum absolute atomic E-state index is 0.827. The number of benzene rings is 1. The third-order valence-corrected chi connectivity index (χ3v) is 3.67. The van der Waals surface area contributed by atoms with Crippen LogP contribution in [-0.2, 0) is 11.3 Å². The number of ether oxygens (including phenoxy) is 1. The van der Waals surface area contributed by atoms with Crippen LogP contribution in [0.4, 0.5) is 0 Å². The van der Waals surface area contributed by atoms with Gasteiger partial charge in [-0.1, -0.05) is 49.6 Å². The summed E-state index contributed by atoms with van der Waals surface area (Å²) in [6.07, 6.45) is 6.98. The first-order valence-corrected chi connectivity index (χ1v) is 7.27. The zero-order chi connectivity index (χ0) is 12.5. The second-order valence-corrected chi connectivity index (χ2v) is 5.24. The molecule has 18 heavy (non-hydrogen) atoms. The summed E-state index contributed by atoms with van der Waals surface area (Å²) in [6.45, 7) is 3.69. The molecule has 0 atom stereocenters. The standard InChI is InChI=1S/C16H25NO/c1-3-7-15(8-4-1)13-17-11-12-18-14-16-9-5-2-6-10-16/h1,3-4,7-8,16-17H,2,5-6,9-14H2. The molecule has 100 valence electrons. The number of rotatable bonds is 7. The van der Waals surface area contributed by atoms with E-state index < -0.39 is 0 Å². The first-order valence-electron chi connectivity index (χ1n) is 7.27. The zero-order valence-electron chi connectivity index (χ0n) is 11.2. The molecule has 1 fully saturated rings. The minimum Gasteiger partial charge on any atom is -0.380 e. The monoisotopic (exact) mass is 247 g/mol. The molecule has 1 aromatic carbocycles. The Hall–Kier alpha value is -0.860. The maximum absolute atomic E-state index is 5.75. The van der Waals surface area contributed by atoms with Gasteiger partial charge in [0.05, 0.1) is 6.61 Å². The Kier molecular flexibility index (Phi) is 6.24. The van der Waals surface area contributed by atoms with Crippen LogP contribution in [0.2, 0.25) is 0 Å². The number of hydrogen-bond donors (Lipinski definition) is 1. The van der Waals surface area contributed by atoms with Crippen LogP contribution in [0.25, 0.3) is 0 Å². The van der Waals surface area contributed by atoms with Gasteiger partial charge < -0.3 is 10.1 Å². The molecule has 0 aliphatic heterocycles. The largest absolute Gasteiger partial charge is 0.380 e. The highest BCUT2D eigenvalue weighted by Gasteiger charge is 2.12. The van der Waals surface area contributed by atoms with Gasteiger partial charge in [0.2, 0.25) is 0 Å². The fourth-order valence-corrected chi connectivity index (χ4v) is 2.58. The maximum Gasteiger partial charge on any atom is 0.0591 e. The van der Waals surface area contributed by atoms with E-state index in [1.165, 1.54) is 37.7 Å². The Bertz CT molecular complexity index is 306. The van der Waals surface area contributed by atoms with Crippen molar-refractivity contribution >= 4 is 0 Å². The molecular weight excluding hydrogens is 222 g/mol. The molecule has 0 aromatic heterocycles. The molecule has 1 saturated carbocycles. The number of hydrogen-bond acceptors (Lipinski definition) is 2. The van der Waals surface area contributed by atoms with Crippen LogP contribution in [0, 0.1) is 5.92 Å². The molecule has 0 bridgehead atoms. The highest BCUT2D eigenvalue weighted by Crippen LogP contribution is 2.23. The Balaban J connectivity index is 1.46. The summed E-state index contributed by atoms with van der Waals surface area (Å²) in [5.74, 6) is 0.827. The third kappa shape index (κ3) is 5.19. The van der Waals surface area contributed by atoms with E-state index in [4.69, 9.17) is 4.74 Å². The van der Waals surface area contributed by atoms with Crippen LogP contribution in [0.15, 0.2) is 30.3 Å². The van der Waals surface area contributed by atoms with E-state index in [0.717, 1.165) is 32.2 Å². The van der Waals surface area contributed by atoms with Gasteiger partial charge in [0.15, 0.2) is 0 Å². The molecule has 0 radical (unpaired) electrons. The van der Waals surface area contributed by atoms with Crippen LogP contribution in [0.1, 0.15) is 37.7 Å². The average molecular weight is 247 g/mol. The predicted molar refractivity (Wildman–Crippen MR) is 75.5 cm³/mol. The number of nitrogens with one attached hydrogen (secondary N) is 1. The summed E-state index contributed by atoms with van der Waals surface area (Å²) in [7, 11) is 0. The van der Waals surface area contributed by atoms with Gasteiger partial charge in [-0.2, -0.15) is 0 Å². The van der Waals surface area contributed by atoms with Gasteiger partial charge >= 0.3 is 0 Å². The van der Waals surface area contributed by atoms with Crippen molar-refractivity contribution in [3.05, 3.63) is 35.9 Å². The van der Waals surface area contributed by atoms with Gasteiger partial charge in [-0.25, -0.2) is 0 Å². The quantitative estimate of drug-likeness (QED) is 0.746. The summed E-state index contributed by atoms with van der Waals surface area (Å²) in [4.78, 5) is 0. The summed E-state index contributed by atoms with van der Waals surface area (Å²) in [5, 5.41) is 3.41. The zero-order valence-corrected chi connectivity index (χ0v) is 11.2. The Morgan fingerprint density at radius 1 is 1.06 bits per heavy atom. The van der Waals surface area contributed by atoms with Crippen LogP contribution < -0.4 is 5.32 Å². The van der Waals surface area contributed by atoms with Crippen LogP contribution in [0.3, 0.4) is 0 Å². The lowest BCUT2D eigenvalue weighted by Crippen LogP contribution is -2.21. The second kappa shape index (κ2) is 8.28. The van der Waals surface area contributed by atoms with E-state index in [1.807, 2.05) is 0 Å². The minimum atomic E-state index is 0.827. The summed E-state index contributed by atoms with van der Waals surface area (Å²) in [6, 6.07) is 10.5. The lowest BCUT2D eigenvalue weighted by Gasteiger charge is -2.21. The highest BCUT2D eigenvalue weighted by molar-refractivity contribution is 5.14. The Labute approximate surface area is 111 Å². The van der Waals surface area contributed by atoms with E-state index in [2.05, 4.69) is 35.6 Å². The fourth-order valence-electron chi connectivity index (χ4n) is 2.58. The molecule has 1 N–H and O–H groups in total. The van der Waals surface area contributed by atoms with Gasteiger partial charge in [-0.3, -0.25) is 0 Å². The maximum atomic E-state index is 5.75. The van der Waals surface area contributed by atoms with Crippen molar-refractivity contribution in [2.24, 2.45) is 5.92 Å². The lowest BCUT2D eigenvalue weighted by molar-refractivity contribution is 0.0868. The van der Waals surface area contributed by atoms with Crippen molar-refractivity contribution in [2.45, 2.75) is 38.6 Å². The summed E-state index contributed by atoms with van der Waals surface area (Å²) >= 11 is 0. The second-order valence-electron chi connectivity index (χ2n) is 5.24. The SMILES string of the molecule is c1ccc(CNCCOCC2CCCCC2)cc1. The van der Waals surface area contributed by atoms with Crippen molar-refractivity contribution in [3.8, 4) is 0 Å². The molecule has 0 heterocycles. The fraction of sp³-hybridized carbons (Fsp3) is 0.625. The summed E-state index contributed by atoms with van der Waals surface area (Å²) in [5.41, 5.74) is 1.34. The Morgan fingerprint density at radius 2 is 1.83 bits per heavy atom. The topological polar surface area (TPSA) is 21.3 Å². The lowest BCUT2D eigenvalue weighted by atomic mass is 9.90. The van der Waals surface area contributed by atoms with Crippen LogP contribution >= 0.6 is 0 Å². The van der Waals surface area contributed by atoms with E-state index in [0.29, 0.717) is 0 Å². The predicted octanol–water partition coefficient (Wildman–Crippen LogP) is 3.37. The van der Waals surface area contributed by atoms with E-state index in [-0.39, 0.29) is 0 Å². The Morgan fingerprint density at radius 3 is 2.61 bits per heavy atom. The molecule has 2 nitrogen and oxygen atoms in total. The van der Waals surface area contributed by atoms with Gasteiger partial charge in [-0.05, 0) is 24.3 Å². The molecule has 1 aliphatic carbocycles. The van der Waals surface area contributed by atoms with Gasteiger partial charge in [-0.15, -0.1) is 0 Å². The van der Waals surface area contributed by atoms with Crippen molar-refractivity contribution in [1.29, 1.82) is 0 Å². The molecule has 0 unspecified atom stereocenters. The van der Waals surface area contributed by atoms with Gasteiger partial charge in [0.1, 0.15) is 0 Å². The molecule has 2 rings (SSSR count). The van der Waals surface area contributed by atoms with Crippen molar-refractivity contribution in [2.75, 3.05) is 19.8 Å². The van der Waals surface area contributed by atoms with Gasteiger partial charge in [0, 0.05) is 19.7 Å². The average Bonchev–Trinajstić information content (AvgIpc) is 2.45. The first-order chi connectivity index (χ1) is 8.95.